The number of nitrogens with one attached hydrogen (secondary N) is 1. The van der Waals surface area contributed by atoms with Crippen LogP contribution < -0.4 is 5.32 Å². The Hall–Kier alpha value is -2.22. The molecule has 0 saturated heterocycles. The third-order valence-corrected chi connectivity index (χ3v) is 4.05. The van der Waals surface area contributed by atoms with Crippen LogP contribution in [0.2, 0.25) is 0 Å². The van der Waals surface area contributed by atoms with E-state index < -0.39 is 11.6 Å². The number of esters is 1. The average Bonchev–Trinajstić information content (AvgIpc) is 2.92. The first-order chi connectivity index (χ1) is 11.3. The zero-order valence-corrected chi connectivity index (χ0v) is 15.5. The van der Waals surface area contributed by atoms with Crippen LogP contribution in [-0.2, 0) is 9.53 Å². The van der Waals surface area contributed by atoms with E-state index in [-0.39, 0.29) is 5.97 Å². The van der Waals surface area contributed by atoms with Gasteiger partial charge in [0.25, 0.3) is 0 Å². The Kier molecular flexibility index (Phi) is 4.16. The molecule has 0 spiro atoms. The van der Waals surface area contributed by atoms with Crippen molar-refractivity contribution in [3.63, 3.8) is 0 Å². The average molecular weight is 392 g/mol. The number of fused-ring (bicyclic) bond motifs is 1. The largest absolute Gasteiger partial charge is 0.456 e. The van der Waals surface area contributed by atoms with Gasteiger partial charge in [-0.2, -0.15) is 4.68 Å². The molecule has 1 aliphatic rings. The molecule has 1 atom stereocenters. The molecule has 2 heterocycles. The van der Waals surface area contributed by atoms with E-state index >= 15 is 0 Å². The molecule has 24 heavy (non-hydrogen) atoms. The number of halogens is 1. The molecule has 2 aromatic rings. The van der Waals surface area contributed by atoms with Gasteiger partial charge in [0, 0.05) is 10.2 Å². The van der Waals surface area contributed by atoms with Crippen molar-refractivity contribution >= 4 is 27.8 Å². The molecule has 0 saturated carbocycles. The molecule has 1 aromatic heterocycles. The fourth-order valence-corrected chi connectivity index (χ4v) is 2.83. The van der Waals surface area contributed by atoms with Gasteiger partial charge in [-0.3, -0.25) is 0 Å². The van der Waals surface area contributed by atoms with Crippen molar-refractivity contribution in [3.8, 4) is 0 Å². The van der Waals surface area contributed by atoms with Crippen molar-refractivity contribution in [2.45, 2.75) is 39.3 Å². The van der Waals surface area contributed by atoms with Gasteiger partial charge in [0.1, 0.15) is 11.6 Å². The van der Waals surface area contributed by atoms with Gasteiger partial charge in [-0.05, 0) is 55.8 Å². The SMILES string of the molecule is CC1=C(C(=O)OC(C)(C)C)[C@@H](c2ccc(Br)cc2)n2nnnc2N1. The van der Waals surface area contributed by atoms with Crippen molar-refractivity contribution in [1.29, 1.82) is 0 Å². The lowest BCUT2D eigenvalue weighted by Crippen LogP contribution is -2.33. The molecule has 0 amide bonds. The van der Waals surface area contributed by atoms with Gasteiger partial charge < -0.3 is 10.1 Å². The molecule has 1 aliphatic heterocycles. The Labute approximate surface area is 148 Å². The van der Waals surface area contributed by atoms with Crippen molar-refractivity contribution in [2.24, 2.45) is 0 Å². The van der Waals surface area contributed by atoms with E-state index in [1.807, 2.05) is 52.0 Å². The number of carbonyl (C=O) groups is 1. The van der Waals surface area contributed by atoms with E-state index in [0.717, 1.165) is 10.0 Å². The van der Waals surface area contributed by atoms with E-state index in [1.165, 1.54) is 0 Å². The van der Waals surface area contributed by atoms with Crippen LogP contribution in [0.1, 0.15) is 39.3 Å². The number of tetrazole rings is 1. The molecular formula is C16H18BrN5O2. The molecule has 0 bridgehead atoms. The minimum absolute atomic E-state index is 0.387. The number of anilines is 1. The third kappa shape index (κ3) is 3.19. The molecule has 3 rings (SSSR count). The van der Waals surface area contributed by atoms with Crippen molar-refractivity contribution < 1.29 is 9.53 Å². The molecule has 0 aliphatic carbocycles. The Morgan fingerprint density at radius 1 is 1.29 bits per heavy atom. The van der Waals surface area contributed by atoms with Crippen molar-refractivity contribution in [1.82, 2.24) is 20.2 Å². The standard InChI is InChI=1S/C16H18BrN5O2/c1-9-12(14(23)24-16(2,3)4)13(10-5-7-11(17)8-6-10)22-15(18-9)19-20-21-22/h5-8,13H,1-4H3,(H,18,19,21)/t13-/m1/s1. The molecule has 126 valence electrons. The van der Waals surface area contributed by atoms with Crippen molar-refractivity contribution in [3.05, 3.63) is 45.6 Å². The summed E-state index contributed by atoms with van der Waals surface area (Å²) < 4.78 is 8.13. The normalized spacial score (nSPS) is 17.3. The summed E-state index contributed by atoms with van der Waals surface area (Å²) in [7, 11) is 0. The summed E-state index contributed by atoms with van der Waals surface area (Å²) in [6.45, 7) is 7.35. The van der Waals surface area contributed by atoms with Gasteiger partial charge >= 0.3 is 5.97 Å². The minimum Gasteiger partial charge on any atom is -0.456 e. The monoisotopic (exact) mass is 391 g/mol. The Bertz CT molecular complexity index is 805. The first-order valence-corrected chi connectivity index (χ1v) is 8.30. The lowest BCUT2D eigenvalue weighted by atomic mass is 9.95. The summed E-state index contributed by atoms with van der Waals surface area (Å²) >= 11 is 3.43. The number of ether oxygens (including phenoxy) is 1. The molecule has 8 heteroatoms. The maximum Gasteiger partial charge on any atom is 0.338 e. The lowest BCUT2D eigenvalue weighted by Gasteiger charge is -2.29. The van der Waals surface area contributed by atoms with Crippen LogP contribution in [0, 0.1) is 0 Å². The molecule has 0 fully saturated rings. The molecule has 1 aromatic carbocycles. The van der Waals surface area contributed by atoms with Gasteiger partial charge in [0.2, 0.25) is 5.95 Å². The number of hydrogen-bond acceptors (Lipinski definition) is 6. The lowest BCUT2D eigenvalue weighted by molar-refractivity contribution is -0.150. The Morgan fingerprint density at radius 3 is 2.58 bits per heavy atom. The molecular weight excluding hydrogens is 374 g/mol. The fraction of sp³-hybridized carbons (Fsp3) is 0.375. The fourth-order valence-electron chi connectivity index (χ4n) is 2.56. The summed E-state index contributed by atoms with van der Waals surface area (Å²) in [5.74, 6) is 0.106. The predicted octanol–water partition coefficient (Wildman–Crippen LogP) is 3.07. The highest BCUT2D eigenvalue weighted by atomic mass is 79.9. The van der Waals surface area contributed by atoms with Crippen LogP contribution in [0.3, 0.4) is 0 Å². The van der Waals surface area contributed by atoms with E-state index in [9.17, 15) is 4.79 Å². The Balaban J connectivity index is 2.10. The number of allylic oxidation sites excluding steroid dienone is 1. The topological polar surface area (TPSA) is 81.9 Å². The number of nitrogens with zero attached hydrogens (tertiary/aromatic N) is 4. The van der Waals surface area contributed by atoms with Crippen LogP contribution in [-0.4, -0.2) is 31.8 Å². The zero-order chi connectivity index (χ0) is 17.5. The summed E-state index contributed by atoms with van der Waals surface area (Å²) in [5, 5.41) is 14.8. The predicted molar refractivity (Wildman–Crippen MR) is 92.3 cm³/mol. The van der Waals surface area contributed by atoms with E-state index in [0.29, 0.717) is 17.2 Å². The third-order valence-electron chi connectivity index (χ3n) is 3.52. The van der Waals surface area contributed by atoms with Gasteiger partial charge in [0.15, 0.2) is 0 Å². The maximum absolute atomic E-state index is 12.8. The smallest absolute Gasteiger partial charge is 0.338 e. The zero-order valence-electron chi connectivity index (χ0n) is 13.9. The minimum atomic E-state index is -0.588. The second kappa shape index (κ2) is 6.01. The van der Waals surface area contributed by atoms with Gasteiger partial charge in [-0.15, -0.1) is 0 Å². The van der Waals surface area contributed by atoms with Crippen LogP contribution in [0.25, 0.3) is 0 Å². The quantitative estimate of drug-likeness (QED) is 0.792. The van der Waals surface area contributed by atoms with Gasteiger partial charge in [-0.25, -0.2) is 4.79 Å². The van der Waals surface area contributed by atoms with E-state index in [1.54, 1.807) is 4.68 Å². The first-order valence-electron chi connectivity index (χ1n) is 7.51. The highest BCUT2D eigenvalue weighted by Crippen LogP contribution is 2.35. The second-order valence-corrected chi connectivity index (χ2v) is 7.48. The summed E-state index contributed by atoms with van der Waals surface area (Å²) in [6.07, 6.45) is 0. The summed E-state index contributed by atoms with van der Waals surface area (Å²) in [6, 6.07) is 7.26. The van der Waals surface area contributed by atoms with Crippen LogP contribution in [0.5, 0.6) is 0 Å². The van der Waals surface area contributed by atoms with Crippen molar-refractivity contribution in [2.75, 3.05) is 5.32 Å². The van der Waals surface area contributed by atoms with Crippen LogP contribution in [0.4, 0.5) is 5.95 Å². The Morgan fingerprint density at radius 2 is 1.96 bits per heavy atom. The van der Waals surface area contributed by atoms with Crippen LogP contribution in [0.15, 0.2) is 40.0 Å². The number of benzene rings is 1. The molecule has 1 N–H and O–H groups in total. The summed E-state index contributed by atoms with van der Waals surface area (Å²) in [5.41, 5.74) is 1.48. The van der Waals surface area contributed by atoms with Crippen LogP contribution >= 0.6 is 15.9 Å². The highest BCUT2D eigenvalue weighted by Gasteiger charge is 2.36. The van der Waals surface area contributed by atoms with E-state index in [4.69, 9.17) is 4.74 Å². The molecule has 0 unspecified atom stereocenters. The first kappa shape index (κ1) is 16.6. The number of aromatic nitrogens is 4. The summed E-state index contributed by atoms with van der Waals surface area (Å²) in [4.78, 5) is 12.8. The number of hydrogen-bond donors (Lipinski definition) is 1. The highest BCUT2D eigenvalue weighted by molar-refractivity contribution is 9.10. The molecule has 7 nitrogen and oxygen atoms in total. The van der Waals surface area contributed by atoms with E-state index in [2.05, 4.69) is 36.8 Å². The number of rotatable bonds is 2. The van der Waals surface area contributed by atoms with Gasteiger partial charge in [-0.1, -0.05) is 33.2 Å². The van der Waals surface area contributed by atoms with Gasteiger partial charge in [0.05, 0.1) is 5.57 Å². The molecule has 0 radical (unpaired) electrons. The maximum atomic E-state index is 12.8. The number of carbonyl (C=O) groups excluding carboxylic acids is 1. The second-order valence-electron chi connectivity index (χ2n) is 6.57.